The minimum absolute atomic E-state index is 0.545. The van der Waals surface area contributed by atoms with Crippen LogP contribution in [0.25, 0.3) is 0 Å². The summed E-state index contributed by atoms with van der Waals surface area (Å²) >= 11 is 0. The predicted octanol–water partition coefficient (Wildman–Crippen LogP) is -4.69. The zero-order valence-electron chi connectivity index (χ0n) is 14.9. The van der Waals surface area contributed by atoms with Gasteiger partial charge in [-0.3, -0.25) is 28.8 Å². The van der Waals surface area contributed by atoms with Gasteiger partial charge in [0.1, 0.15) is 18.1 Å². The number of nitrogens with one attached hydrogen (secondary N) is 3. The molecule has 0 aliphatic rings. The fraction of sp³-hybridized carbons (Fsp3) is 0.500. The van der Waals surface area contributed by atoms with Gasteiger partial charge in [0.25, 0.3) is 0 Å². The average Bonchev–Trinajstić information content (AvgIpc) is 2.58. The van der Waals surface area contributed by atoms with Gasteiger partial charge in [-0.05, 0) is 0 Å². The number of carboxylic acid groups (broad SMARTS) is 3. The summed E-state index contributed by atoms with van der Waals surface area (Å²) < 4.78 is 0. The Labute approximate surface area is 162 Å². The summed E-state index contributed by atoms with van der Waals surface area (Å²) in [5.74, 6) is -9.15. The zero-order valence-corrected chi connectivity index (χ0v) is 14.9. The second kappa shape index (κ2) is 11.9. The van der Waals surface area contributed by atoms with Crippen molar-refractivity contribution >= 4 is 41.5 Å². The van der Waals surface area contributed by atoms with E-state index in [-0.39, 0.29) is 0 Å². The van der Waals surface area contributed by atoms with Crippen molar-refractivity contribution in [2.75, 3.05) is 6.54 Å². The summed E-state index contributed by atoms with van der Waals surface area (Å²) in [7, 11) is 0. The molecular weight excluding hydrogens is 398 g/mol. The Kier molecular flexibility index (Phi) is 10.3. The number of carbonyl (C=O) groups excluding carboxylic acids is 4. The van der Waals surface area contributed by atoms with Crippen LogP contribution in [0.2, 0.25) is 0 Å². The molecule has 0 aliphatic heterocycles. The summed E-state index contributed by atoms with van der Waals surface area (Å²) in [6.07, 6.45) is -2.72. The molecule has 0 rings (SSSR count). The van der Waals surface area contributed by atoms with E-state index < -0.39 is 85.5 Å². The van der Waals surface area contributed by atoms with Crippen LogP contribution in [-0.2, 0) is 33.6 Å². The quantitative estimate of drug-likeness (QED) is 0.140. The highest BCUT2D eigenvalue weighted by Crippen LogP contribution is 2.01. The molecule has 0 bridgehead atoms. The molecule has 0 fully saturated rings. The van der Waals surface area contributed by atoms with Gasteiger partial charge < -0.3 is 42.7 Å². The maximum absolute atomic E-state index is 12.3. The number of amides is 4. The van der Waals surface area contributed by atoms with E-state index in [1.165, 1.54) is 0 Å². The second-order valence-corrected chi connectivity index (χ2v) is 5.65. The number of aliphatic carboxylic acids is 3. The van der Waals surface area contributed by atoms with E-state index in [2.05, 4.69) is 5.32 Å². The molecule has 3 unspecified atom stereocenters. The van der Waals surface area contributed by atoms with Crippen LogP contribution in [-0.4, -0.2) is 81.5 Å². The number of carbonyl (C=O) groups is 7. The van der Waals surface area contributed by atoms with E-state index in [1.54, 1.807) is 5.32 Å². The van der Waals surface area contributed by atoms with Crippen LogP contribution in [0, 0.1) is 0 Å². The molecule has 3 atom stereocenters. The third-order valence-corrected chi connectivity index (χ3v) is 3.25. The maximum Gasteiger partial charge on any atom is 0.326 e. The van der Waals surface area contributed by atoms with Gasteiger partial charge in [0, 0.05) is 0 Å². The minimum Gasteiger partial charge on any atom is -0.481 e. The lowest BCUT2D eigenvalue weighted by atomic mass is 10.1. The Morgan fingerprint density at radius 1 is 0.690 bits per heavy atom. The van der Waals surface area contributed by atoms with Gasteiger partial charge in [-0.2, -0.15) is 0 Å². The number of hydrogen-bond donors (Lipinski definition) is 8. The predicted molar refractivity (Wildman–Crippen MR) is 90.8 cm³/mol. The third kappa shape index (κ3) is 10.2. The van der Waals surface area contributed by atoms with Gasteiger partial charge in [0.15, 0.2) is 0 Å². The van der Waals surface area contributed by atoms with Crippen molar-refractivity contribution in [3.05, 3.63) is 0 Å². The monoisotopic (exact) mass is 419 g/mol. The van der Waals surface area contributed by atoms with Crippen molar-refractivity contribution in [3.63, 3.8) is 0 Å². The van der Waals surface area contributed by atoms with Crippen molar-refractivity contribution in [2.45, 2.75) is 37.4 Å². The molecule has 10 N–H and O–H groups in total. The molecule has 0 aromatic carbocycles. The molecule has 15 heteroatoms. The highest BCUT2D eigenvalue weighted by Gasteiger charge is 2.32. The standard InChI is InChI=1S/C14H21N5O10/c15-4-9(21)17-5(1-8(16)20)12(26)18-6(2-10(22)23)13(27)19-7(14(28)29)3-11(24)25/h5-7H,1-4,15H2,(H2,16,20)(H,17,21)(H,18,26)(H,19,27)(H,22,23)(H,24,25)(H,28,29). The molecule has 29 heavy (non-hydrogen) atoms. The Hall–Kier alpha value is -3.75. The topological polar surface area (TPSA) is 268 Å². The van der Waals surface area contributed by atoms with Crippen molar-refractivity contribution in [2.24, 2.45) is 11.5 Å². The van der Waals surface area contributed by atoms with E-state index in [1.807, 2.05) is 5.32 Å². The highest BCUT2D eigenvalue weighted by atomic mass is 16.4. The Morgan fingerprint density at radius 3 is 1.48 bits per heavy atom. The number of rotatable bonds is 13. The molecule has 0 radical (unpaired) electrons. The van der Waals surface area contributed by atoms with E-state index in [4.69, 9.17) is 26.8 Å². The second-order valence-electron chi connectivity index (χ2n) is 5.65. The van der Waals surface area contributed by atoms with Gasteiger partial charge in [-0.15, -0.1) is 0 Å². The van der Waals surface area contributed by atoms with Gasteiger partial charge >= 0.3 is 17.9 Å². The number of nitrogens with two attached hydrogens (primary N) is 2. The highest BCUT2D eigenvalue weighted by molar-refractivity contribution is 5.97. The molecule has 0 aromatic heterocycles. The lowest BCUT2D eigenvalue weighted by Gasteiger charge is -2.22. The summed E-state index contributed by atoms with van der Waals surface area (Å²) in [6, 6.07) is -5.32. The van der Waals surface area contributed by atoms with Crippen molar-refractivity contribution < 1.29 is 48.9 Å². The summed E-state index contributed by atoms with van der Waals surface area (Å²) in [5, 5.41) is 32.3. The smallest absolute Gasteiger partial charge is 0.326 e. The maximum atomic E-state index is 12.3. The normalized spacial score (nSPS) is 13.3. The van der Waals surface area contributed by atoms with E-state index in [0.717, 1.165) is 0 Å². The first-order valence-electron chi connectivity index (χ1n) is 7.92. The first-order valence-corrected chi connectivity index (χ1v) is 7.92. The van der Waals surface area contributed by atoms with Crippen LogP contribution in [0.1, 0.15) is 19.3 Å². The van der Waals surface area contributed by atoms with E-state index in [0.29, 0.717) is 0 Å². The molecule has 162 valence electrons. The lowest BCUT2D eigenvalue weighted by Crippen LogP contribution is -2.57. The van der Waals surface area contributed by atoms with E-state index in [9.17, 15) is 33.6 Å². The molecular formula is C14H21N5O10. The fourth-order valence-corrected chi connectivity index (χ4v) is 1.97. The van der Waals surface area contributed by atoms with Crippen LogP contribution < -0.4 is 27.4 Å². The minimum atomic E-state index is -1.90. The Morgan fingerprint density at radius 2 is 1.10 bits per heavy atom. The van der Waals surface area contributed by atoms with Crippen LogP contribution in [0.15, 0.2) is 0 Å². The molecule has 15 nitrogen and oxygen atoms in total. The van der Waals surface area contributed by atoms with Gasteiger partial charge in [0.05, 0.1) is 25.8 Å². The molecule has 0 aliphatic carbocycles. The largest absolute Gasteiger partial charge is 0.481 e. The lowest BCUT2D eigenvalue weighted by molar-refractivity contribution is -0.148. The molecule has 0 aromatic rings. The molecule has 0 saturated heterocycles. The van der Waals surface area contributed by atoms with Crippen molar-refractivity contribution in [3.8, 4) is 0 Å². The number of carboxylic acids is 3. The van der Waals surface area contributed by atoms with Gasteiger partial charge in [0.2, 0.25) is 23.6 Å². The summed E-state index contributed by atoms with van der Waals surface area (Å²) in [5.41, 5.74) is 10.1. The Bertz CT molecular complexity index is 694. The van der Waals surface area contributed by atoms with Crippen LogP contribution >= 0.6 is 0 Å². The Balaban J connectivity index is 5.43. The van der Waals surface area contributed by atoms with Gasteiger partial charge in [-0.25, -0.2) is 4.79 Å². The SMILES string of the molecule is NCC(=O)NC(CC(N)=O)C(=O)NC(CC(=O)O)C(=O)NC(CC(=O)O)C(=O)O. The summed E-state index contributed by atoms with van der Waals surface area (Å²) in [4.78, 5) is 79.6. The van der Waals surface area contributed by atoms with E-state index >= 15 is 0 Å². The zero-order chi connectivity index (χ0) is 22.7. The number of hydrogen-bond acceptors (Lipinski definition) is 8. The first-order chi connectivity index (χ1) is 13.4. The molecule has 0 heterocycles. The fourth-order valence-electron chi connectivity index (χ4n) is 1.97. The molecule has 0 saturated carbocycles. The van der Waals surface area contributed by atoms with Gasteiger partial charge in [-0.1, -0.05) is 0 Å². The van der Waals surface area contributed by atoms with Crippen LogP contribution in [0.3, 0.4) is 0 Å². The van der Waals surface area contributed by atoms with Crippen LogP contribution in [0.4, 0.5) is 0 Å². The van der Waals surface area contributed by atoms with Crippen molar-refractivity contribution in [1.82, 2.24) is 16.0 Å². The van der Waals surface area contributed by atoms with Crippen LogP contribution in [0.5, 0.6) is 0 Å². The molecule has 0 spiro atoms. The van der Waals surface area contributed by atoms with Crippen molar-refractivity contribution in [1.29, 1.82) is 0 Å². The average molecular weight is 419 g/mol. The molecule has 4 amide bonds. The first kappa shape index (κ1) is 25.2. The third-order valence-electron chi connectivity index (χ3n) is 3.25. The summed E-state index contributed by atoms with van der Waals surface area (Å²) in [6.45, 7) is -0.545. The number of primary amides is 1.